The summed E-state index contributed by atoms with van der Waals surface area (Å²) in [6.45, 7) is 10.4. The minimum atomic E-state index is -0.628. The van der Waals surface area contributed by atoms with Crippen molar-refractivity contribution in [1.29, 1.82) is 0 Å². The number of rotatable bonds is 4. The van der Waals surface area contributed by atoms with E-state index in [1.165, 1.54) is 0 Å². The van der Waals surface area contributed by atoms with Gasteiger partial charge >= 0.3 is 0 Å². The van der Waals surface area contributed by atoms with E-state index >= 15 is 0 Å². The Morgan fingerprint density at radius 2 is 1.87 bits per heavy atom. The van der Waals surface area contributed by atoms with Crippen molar-refractivity contribution < 1.29 is 19.0 Å². The zero-order valence-electron chi connectivity index (χ0n) is 18.2. The monoisotopic (exact) mass is 408 g/mol. The fourth-order valence-electron chi connectivity index (χ4n) is 4.46. The Morgan fingerprint density at radius 3 is 2.47 bits per heavy atom. The van der Waals surface area contributed by atoms with Crippen molar-refractivity contribution >= 4 is 11.6 Å². The van der Waals surface area contributed by atoms with E-state index in [0.717, 1.165) is 38.5 Å². The summed E-state index contributed by atoms with van der Waals surface area (Å²) in [5, 5.41) is 13.5. The molecule has 0 unspecified atom stereocenters. The van der Waals surface area contributed by atoms with Crippen molar-refractivity contribution in [2.45, 2.75) is 58.6 Å². The highest BCUT2D eigenvalue weighted by molar-refractivity contribution is 6.13. The number of nitrogens with zero attached hydrogens (tertiary/aromatic N) is 1. The molecule has 0 atom stereocenters. The number of benzene rings is 2. The van der Waals surface area contributed by atoms with Crippen LogP contribution in [0.2, 0.25) is 0 Å². The number of ether oxygens (including phenoxy) is 2. The van der Waals surface area contributed by atoms with Gasteiger partial charge in [-0.3, -0.25) is 4.79 Å². The van der Waals surface area contributed by atoms with Crippen molar-refractivity contribution in [2.75, 3.05) is 6.61 Å². The summed E-state index contributed by atoms with van der Waals surface area (Å²) in [4.78, 5) is 11.5. The molecule has 0 saturated carbocycles. The predicted molar refractivity (Wildman–Crippen MR) is 116 cm³/mol. The molecule has 4 rings (SSSR count). The lowest BCUT2D eigenvalue weighted by Crippen LogP contribution is -2.44. The third-order valence-electron chi connectivity index (χ3n) is 5.76. The van der Waals surface area contributed by atoms with Gasteiger partial charge in [-0.05, 0) is 56.7 Å². The molecule has 2 aromatic rings. The molecule has 0 aliphatic carbocycles. The van der Waals surface area contributed by atoms with E-state index in [1.54, 1.807) is 24.3 Å². The zero-order valence-corrected chi connectivity index (χ0v) is 18.2. The van der Waals surface area contributed by atoms with E-state index in [4.69, 9.17) is 15.2 Å². The standard InChI is InChI=1S/C24H28N2O4/c1-6-29-18-11-16-12-23(2,3)26(28)20(14-7-9-15(10-8-14)22(25)27)19(16)17-13-24(4,5)30-21(17)18/h7-11H,6,12-13H2,1-5H3,(H2,25,27). The maximum absolute atomic E-state index is 13.5. The number of carbonyl (C=O) groups excluding carboxylic acids is 1. The van der Waals surface area contributed by atoms with E-state index in [1.807, 2.05) is 40.7 Å². The minimum absolute atomic E-state index is 0.384. The first-order chi connectivity index (χ1) is 14.0. The normalized spacial score (nSPS) is 18.4. The summed E-state index contributed by atoms with van der Waals surface area (Å²) in [5.74, 6) is 0.961. The molecule has 2 aliphatic heterocycles. The number of hydrogen-bond acceptors (Lipinski definition) is 4. The Bertz CT molecular complexity index is 1070. The number of amides is 1. The van der Waals surface area contributed by atoms with Gasteiger partial charge in [-0.25, -0.2) is 0 Å². The maximum Gasteiger partial charge on any atom is 0.248 e. The molecule has 0 radical (unpaired) electrons. The van der Waals surface area contributed by atoms with Gasteiger partial charge in [-0.15, -0.1) is 0 Å². The molecular formula is C24H28N2O4. The van der Waals surface area contributed by atoms with E-state index in [0.29, 0.717) is 30.7 Å². The van der Waals surface area contributed by atoms with Gasteiger partial charge in [0.1, 0.15) is 5.60 Å². The quantitative estimate of drug-likeness (QED) is 0.619. The second-order valence-corrected chi connectivity index (χ2v) is 9.26. The molecule has 0 aromatic heterocycles. The molecule has 1 amide bonds. The molecule has 6 nitrogen and oxygen atoms in total. The molecular weight excluding hydrogens is 380 g/mol. The smallest absolute Gasteiger partial charge is 0.248 e. The Morgan fingerprint density at radius 1 is 1.20 bits per heavy atom. The molecule has 0 bridgehead atoms. The molecule has 0 spiro atoms. The lowest BCUT2D eigenvalue weighted by molar-refractivity contribution is -0.541. The molecule has 2 aliphatic rings. The topological polar surface area (TPSA) is 87.6 Å². The van der Waals surface area contributed by atoms with Crippen LogP contribution in [0.3, 0.4) is 0 Å². The Labute approximate surface area is 176 Å². The average molecular weight is 408 g/mol. The van der Waals surface area contributed by atoms with Crippen molar-refractivity contribution in [2.24, 2.45) is 5.73 Å². The highest BCUT2D eigenvalue weighted by Crippen LogP contribution is 2.47. The van der Waals surface area contributed by atoms with Crippen LogP contribution in [0.4, 0.5) is 0 Å². The average Bonchev–Trinajstić information content (AvgIpc) is 2.99. The molecule has 2 N–H and O–H groups in total. The third-order valence-corrected chi connectivity index (χ3v) is 5.76. The van der Waals surface area contributed by atoms with E-state index in [-0.39, 0.29) is 5.60 Å². The first kappa shape index (κ1) is 20.3. The van der Waals surface area contributed by atoms with Crippen LogP contribution in [0.15, 0.2) is 30.3 Å². The van der Waals surface area contributed by atoms with Gasteiger partial charge in [0.25, 0.3) is 0 Å². The Balaban J connectivity index is 1.98. The highest BCUT2D eigenvalue weighted by atomic mass is 16.5. The van der Waals surface area contributed by atoms with Gasteiger partial charge in [-0.1, -0.05) is 0 Å². The number of nitrogens with two attached hydrogens (primary N) is 1. The Hall–Kier alpha value is -3.02. The van der Waals surface area contributed by atoms with Crippen LogP contribution >= 0.6 is 0 Å². The number of hydroxylamine groups is 1. The second-order valence-electron chi connectivity index (χ2n) is 9.26. The van der Waals surface area contributed by atoms with Gasteiger partial charge in [0.2, 0.25) is 11.6 Å². The number of hydrogen-bond donors (Lipinski definition) is 1. The summed E-state index contributed by atoms with van der Waals surface area (Å²) in [7, 11) is 0. The zero-order chi connectivity index (χ0) is 21.8. The summed E-state index contributed by atoms with van der Waals surface area (Å²) >= 11 is 0. The lowest BCUT2D eigenvalue weighted by atomic mass is 9.80. The molecule has 2 aromatic carbocycles. The summed E-state index contributed by atoms with van der Waals surface area (Å²) in [6, 6.07) is 8.92. The third kappa shape index (κ3) is 3.20. The number of carbonyl (C=O) groups is 1. The molecule has 2 heterocycles. The van der Waals surface area contributed by atoms with Gasteiger partial charge in [0.05, 0.1) is 12.2 Å². The maximum atomic E-state index is 13.5. The van der Waals surface area contributed by atoms with Crippen LogP contribution in [-0.4, -0.2) is 34.1 Å². The number of fused-ring (bicyclic) bond motifs is 3. The van der Waals surface area contributed by atoms with Crippen LogP contribution in [0, 0.1) is 5.21 Å². The Kier molecular flexibility index (Phi) is 4.56. The predicted octanol–water partition coefficient (Wildman–Crippen LogP) is 3.58. The molecule has 30 heavy (non-hydrogen) atoms. The van der Waals surface area contributed by atoms with Crippen LogP contribution in [-0.2, 0) is 12.8 Å². The first-order valence-corrected chi connectivity index (χ1v) is 10.3. The van der Waals surface area contributed by atoms with Crippen molar-refractivity contribution in [3.8, 4) is 11.5 Å². The SMILES string of the molecule is CCOc1cc2c(c3c1OC(C)(C)C3)C(c1ccc(C(N)=O)cc1)=[N+]([O-])C(C)(C)C2. The highest BCUT2D eigenvalue weighted by Gasteiger charge is 2.44. The van der Waals surface area contributed by atoms with Crippen molar-refractivity contribution in [1.82, 2.24) is 0 Å². The van der Waals surface area contributed by atoms with Crippen LogP contribution in [0.1, 0.15) is 67.2 Å². The van der Waals surface area contributed by atoms with Gasteiger partial charge < -0.3 is 20.4 Å². The number of primary amides is 1. The van der Waals surface area contributed by atoms with Crippen molar-refractivity contribution in [3.63, 3.8) is 0 Å². The molecule has 0 fully saturated rings. The molecule has 158 valence electrons. The van der Waals surface area contributed by atoms with E-state index in [9.17, 15) is 10.0 Å². The van der Waals surface area contributed by atoms with Crippen molar-refractivity contribution in [3.05, 3.63) is 63.4 Å². The second kappa shape index (κ2) is 6.76. The molecule has 6 heteroatoms. The van der Waals surface area contributed by atoms with E-state index < -0.39 is 11.4 Å². The fraction of sp³-hybridized carbons (Fsp3) is 0.417. The van der Waals surface area contributed by atoms with Gasteiger partial charge in [0, 0.05) is 43.4 Å². The van der Waals surface area contributed by atoms with Gasteiger partial charge in [-0.2, -0.15) is 4.74 Å². The minimum Gasteiger partial charge on any atom is -0.623 e. The fourth-order valence-corrected chi connectivity index (χ4v) is 4.46. The summed E-state index contributed by atoms with van der Waals surface area (Å²) < 4.78 is 13.3. The molecule has 0 saturated heterocycles. The summed E-state index contributed by atoms with van der Waals surface area (Å²) in [5.41, 5.74) is 9.13. The van der Waals surface area contributed by atoms with Crippen LogP contribution < -0.4 is 15.2 Å². The first-order valence-electron chi connectivity index (χ1n) is 10.3. The summed E-state index contributed by atoms with van der Waals surface area (Å²) in [6.07, 6.45) is 1.28. The van der Waals surface area contributed by atoms with Crippen LogP contribution in [0.25, 0.3) is 0 Å². The van der Waals surface area contributed by atoms with E-state index in [2.05, 4.69) is 0 Å². The van der Waals surface area contributed by atoms with Gasteiger partial charge in [0.15, 0.2) is 17.0 Å². The largest absolute Gasteiger partial charge is 0.623 e. The van der Waals surface area contributed by atoms with Crippen LogP contribution in [0.5, 0.6) is 11.5 Å². The lowest BCUT2D eigenvalue weighted by Gasteiger charge is -2.33.